The first-order valence-corrected chi connectivity index (χ1v) is 7.87. The second kappa shape index (κ2) is 6.07. The van der Waals surface area contributed by atoms with Crippen molar-refractivity contribution in [3.05, 3.63) is 0 Å². The van der Waals surface area contributed by atoms with E-state index >= 15 is 0 Å². The lowest BCUT2D eigenvalue weighted by atomic mass is 9.55. The van der Waals surface area contributed by atoms with Crippen molar-refractivity contribution in [3.8, 4) is 0 Å². The molecule has 0 spiro atoms. The summed E-state index contributed by atoms with van der Waals surface area (Å²) in [5.41, 5.74) is -0.830. The molecule has 2 heteroatoms. The summed E-state index contributed by atoms with van der Waals surface area (Å²) in [6, 6.07) is 0. The number of esters is 1. The molecule has 0 heterocycles. The zero-order valence-corrected chi connectivity index (χ0v) is 15.5. The minimum Gasteiger partial charge on any atom is -0.461 e. The van der Waals surface area contributed by atoms with Crippen LogP contribution in [-0.2, 0) is 9.53 Å². The van der Waals surface area contributed by atoms with Gasteiger partial charge in [0.2, 0.25) is 0 Å². The average molecular weight is 284 g/mol. The van der Waals surface area contributed by atoms with Crippen molar-refractivity contribution in [2.24, 2.45) is 28.1 Å². The van der Waals surface area contributed by atoms with Crippen LogP contribution in [0.5, 0.6) is 0 Å². The highest BCUT2D eigenvalue weighted by Gasteiger charge is 2.54. The van der Waals surface area contributed by atoms with Gasteiger partial charge in [-0.2, -0.15) is 0 Å². The number of carbonyl (C=O) groups is 1. The molecular weight excluding hydrogens is 248 g/mol. The molecule has 0 N–H and O–H groups in total. The normalized spacial score (nSPS) is 14.3. The predicted molar refractivity (Wildman–Crippen MR) is 86.6 cm³/mol. The van der Waals surface area contributed by atoms with Crippen LogP contribution >= 0.6 is 0 Å². The van der Waals surface area contributed by atoms with Crippen LogP contribution in [-0.4, -0.2) is 12.1 Å². The Morgan fingerprint density at radius 3 is 1.25 bits per heavy atom. The topological polar surface area (TPSA) is 26.3 Å². The zero-order valence-electron chi connectivity index (χ0n) is 15.5. The number of rotatable bonds is 4. The van der Waals surface area contributed by atoms with Crippen LogP contribution in [0.3, 0.4) is 0 Å². The molecule has 0 aromatic rings. The van der Waals surface area contributed by atoms with E-state index < -0.39 is 5.41 Å². The molecule has 0 aromatic heterocycles. The van der Waals surface area contributed by atoms with Crippen LogP contribution in [0.1, 0.15) is 76.2 Å². The third-order valence-corrected chi connectivity index (χ3v) is 4.97. The van der Waals surface area contributed by atoms with Gasteiger partial charge >= 0.3 is 5.97 Å². The highest BCUT2D eigenvalue weighted by atomic mass is 16.5. The van der Waals surface area contributed by atoms with Crippen LogP contribution < -0.4 is 0 Å². The fraction of sp³-hybridized carbons (Fsp3) is 0.944. The lowest BCUT2D eigenvalue weighted by Gasteiger charge is -2.49. The van der Waals surface area contributed by atoms with Crippen molar-refractivity contribution in [1.82, 2.24) is 0 Å². The summed E-state index contributed by atoms with van der Waals surface area (Å²) in [6.07, 6.45) is -0.0217. The maximum atomic E-state index is 13.0. The smallest absolute Gasteiger partial charge is 0.313 e. The highest BCUT2D eigenvalue weighted by Crippen LogP contribution is 2.52. The first-order valence-electron chi connectivity index (χ1n) is 7.87. The number of hydrogen-bond acceptors (Lipinski definition) is 2. The highest BCUT2D eigenvalue weighted by molar-refractivity contribution is 5.78. The molecule has 0 amide bonds. The van der Waals surface area contributed by atoms with Crippen LogP contribution in [0, 0.1) is 28.1 Å². The minimum atomic E-state index is -0.526. The van der Waals surface area contributed by atoms with E-state index in [2.05, 4.69) is 69.2 Å². The van der Waals surface area contributed by atoms with Gasteiger partial charge in [0, 0.05) is 0 Å². The first-order chi connectivity index (χ1) is 8.66. The molecule has 0 saturated carbocycles. The van der Waals surface area contributed by atoms with Gasteiger partial charge in [-0.05, 0) is 29.6 Å². The summed E-state index contributed by atoms with van der Waals surface area (Å²) >= 11 is 0. The van der Waals surface area contributed by atoms with E-state index in [1.54, 1.807) is 0 Å². The maximum Gasteiger partial charge on any atom is 0.313 e. The molecule has 0 atom stereocenters. The summed E-state index contributed by atoms with van der Waals surface area (Å²) in [5.74, 6) is 0.608. The molecule has 0 bridgehead atoms. The molecule has 0 aromatic carbocycles. The summed E-state index contributed by atoms with van der Waals surface area (Å²) in [5, 5.41) is 0. The third kappa shape index (κ3) is 3.77. The Bertz CT molecular complexity index is 304. The van der Waals surface area contributed by atoms with Crippen molar-refractivity contribution in [3.63, 3.8) is 0 Å². The molecule has 0 unspecified atom stereocenters. The molecule has 0 rings (SSSR count). The molecule has 20 heavy (non-hydrogen) atoms. The van der Waals surface area contributed by atoms with E-state index in [1.165, 1.54) is 0 Å². The lowest BCUT2D eigenvalue weighted by Crippen LogP contribution is -2.52. The van der Waals surface area contributed by atoms with Gasteiger partial charge in [0.15, 0.2) is 0 Å². The van der Waals surface area contributed by atoms with Crippen molar-refractivity contribution in [2.75, 3.05) is 0 Å². The maximum absolute atomic E-state index is 13.0. The van der Waals surface area contributed by atoms with Crippen LogP contribution in [0.4, 0.5) is 0 Å². The van der Waals surface area contributed by atoms with Gasteiger partial charge < -0.3 is 4.74 Å². The molecule has 0 saturated heterocycles. The summed E-state index contributed by atoms with van der Waals surface area (Å²) in [6.45, 7) is 23.3. The second-order valence-electron chi connectivity index (χ2n) is 8.98. The molecule has 0 aliphatic carbocycles. The average Bonchev–Trinajstić information content (AvgIpc) is 2.19. The fourth-order valence-corrected chi connectivity index (χ4v) is 3.02. The van der Waals surface area contributed by atoms with Crippen LogP contribution in [0.15, 0.2) is 0 Å². The SMILES string of the molecule is CC(C)C(OC(=O)C(C)(C(C)(C)C)C(C)(C)C)C(C)C. The fourth-order valence-electron chi connectivity index (χ4n) is 3.02. The Morgan fingerprint density at radius 2 is 1.05 bits per heavy atom. The molecular formula is C18H36O2. The predicted octanol–water partition coefficient (Wildman–Crippen LogP) is 5.31. The van der Waals surface area contributed by atoms with Crippen LogP contribution in [0.25, 0.3) is 0 Å². The molecule has 2 nitrogen and oxygen atoms in total. The largest absolute Gasteiger partial charge is 0.461 e. The van der Waals surface area contributed by atoms with E-state index in [1.807, 2.05) is 6.92 Å². The van der Waals surface area contributed by atoms with Gasteiger partial charge in [0.05, 0.1) is 5.41 Å². The molecule has 120 valence electrons. The second-order valence-corrected chi connectivity index (χ2v) is 8.98. The van der Waals surface area contributed by atoms with E-state index in [9.17, 15) is 4.79 Å². The molecule has 0 aliphatic rings. The number of ether oxygens (including phenoxy) is 1. The van der Waals surface area contributed by atoms with E-state index in [0.717, 1.165) is 0 Å². The minimum absolute atomic E-state index is 0.0217. The van der Waals surface area contributed by atoms with Gasteiger partial charge in [-0.1, -0.05) is 69.2 Å². The molecule has 0 aliphatic heterocycles. The Labute approximate surface area is 126 Å². The van der Waals surface area contributed by atoms with Gasteiger partial charge in [0.25, 0.3) is 0 Å². The van der Waals surface area contributed by atoms with Gasteiger partial charge in [-0.3, -0.25) is 4.79 Å². The van der Waals surface area contributed by atoms with Gasteiger partial charge in [-0.15, -0.1) is 0 Å². The van der Waals surface area contributed by atoms with E-state index in [-0.39, 0.29) is 22.9 Å². The molecule has 0 radical (unpaired) electrons. The van der Waals surface area contributed by atoms with Crippen molar-refractivity contribution in [1.29, 1.82) is 0 Å². The first kappa shape index (κ1) is 19.5. The Kier molecular flexibility index (Phi) is 5.91. The quantitative estimate of drug-likeness (QED) is 0.654. The summed E-state index contributed by atoms with van der Waals surface area (Å²) < 4.78 is 5.95. The Hall–Kier alpha value is -0.530. The van der Waals surface area contributed by atoms with Crippen LogP contribution in [0.2, 0.25) is 0 Å². The van der Waals surface area contributed by atoms with Gasteiger partial charge in [0.1, 0.15) is 6.10 Å². The zero-order chi connectivity index (χ0) is 16.5. The standard InChI is InChI=1S/C18H36O2/c1-12(2)14(13(3)4)20-15(19)18(11,16(5,6)7)17(8,9)10/h12-14H,1-11H3. The third-order valence-electron chi connectivity index (χ3n) is 4.97. The van der Waals surface area contributed by atoms with E-state index in [0.29, 0.717) is 11.8 Å². The van der Waals surface area contributed by atoms with Gasteiger partial charge in [-0.25, -0.2) is 0 Å². The monoisotopic (exact) mass is 284 g/mol. The number of carbonyl (C=O) groups excluding carboxylic acids is 1. The Balaban J connectivity index is 5.50. The summed E-state index contributed by atoms with van der Waals surface area (Å²) in [7, 11) is 0. The van der Waals surface area contributed by atoms with Crippen molar-refractivity contribution >= 4 is 5.97 Å². The van der Waals surface area contributed by atoms with E-state index in [4.69, 9.17) is 4.74 Å². The number of hydrogen-bond donors (Lipinski definition) is 0. The van der Waals surface area contributed by atoms with Crippen molar-refractivity contribution < 1.29 is 9.53 Å². The summed E-state index contributed by atoms with van der Waals surface area (Å²) in [4.78, 5) is 13.0. The Morgan fingerprint density at radius 1 is 0.750 bits per heavy atom. The molecule has 0 fully saturated rings. The van der Waals surface area contributed by atoms with Crippen molar-refractivity contribution in [2.45, 2.75) is 82.3 Å². The lowest BCUT2D eigenvalue weighted by molar-refractivity contribution is -0.183.